The molecule has 0 N–H and O–H groups in total. The zero-order valence-corrected chi connectivity index (χ0v) is 26.7. The van der Waals surface area contributed by atoms with Crippen molar-refractivity contribution in [2.45, 2.75) is 78.2 Å². The predicted molar refractivity (Wildman–Crippen MR) is 173 cm³/mol. The maximum absolute atomic E-state index is 14.2. The van der Waals surface area contributed by atoms with E-state index in [1.807, 2.05) is 67.0 Å². The summed E-state index contributed by atoms with van der Waals surface area (Å²) in [7, 11) is 1.78. The number of nitrogens with zero attached hydrogens (tertiary/aromatic N) is 4. The number of ether oxygens (including phenoxy) is 3. The van der Waals surface area contributed by atoms with Gasteiger partial charge in [-0.25, -0.2) is 4.98 Å². The molecule has 1 aliphatic heterocycles. The van der Waals surface area contributed by atoms with Crippen LogP contribution in [0.25, 0.3) is 5.57 Å². The molecule has 2 heterocycles. The Morgan fingerprint density at radius 2 is 1.98 bits per heavy atom. The molecule has 2 amide bonds. The predicted octanol–water partition coefficient (Wildman–Crippen LogP) is 6.21. The zero-order chi connectivity index (χ0) is 31.5. The van der Waals surface area contributed by atoms with Gasteiger partial charge in [-0.2, -0.15) is 0 Å². The Bertz CT molecular complexity index is 1310. The van der Waals surface area contributed by atoms with E-state index >= 15 is 0 Å². The van der Waals surface area contributed by atoms with Gasteiger partial charge in [-0.05, 0) is 76.0 Å². The van der Waals surface area contributed by atoms with Gasteiger partial charge in [0.25, 0.3) is 5.91 Å². The van der Waals surface area contributed by atoms with Crippen LogP contribution in [-0.4, -0.2) is 72.5 Å². The molecule has 44 heavy (non-hydrogen) atoms. The van der Waals surface area contributed by atoms with Crippen LogP contribution in [0.3, 0.4) is 0 Å². The summed E-state index contributed by atoms with van der Waals surface area (Å²) < 4.78 is 19.5. The number of hydrogen-bond acceptors (Lipinski definition) is 6. The second-order valence-corrected chi connectivity index (χ2v) is 11.6. The first-order chi connectivity index (χ1) is 21.4. The molecular weight excluding hydrogens is 556 g/mol. The van der Waals surface area contributed by atoms with Gasteiger partial charge in [0.05, 0.1) is 6.61 Å². The minimum atomic E-state index is -0.213. The second-order valence-electron chi connectivity index (χ2n) is 11.6. The van der Waals surface area contributed by atoms with Crippen molar-refractivity contribution in [3.8, 4) is 0 Å². The Hall–Kier alpha value is -3.69. The van der Waals surface area contributed by atoms with Crippen molar-refractivity contribution in [2.75, 3.05) is 38.3 Å². The van der Waals surface area contributed by atoms with Crippen LogP contribution in [0.4, 0.5) is 5.82 Å². The van der Waals surface area contributed by atoms with Crippen LogP contribution in [0, 0.1) is 5.92 Å². The van der Waals surface area contributed by atoms with Gasteiger partial charge in [0.1, 0.15) is 17.7 Å². The topological polar surface area (TPSA) is 86.1 Å². The number of benzene rings is 1. The standard InChI is InChI=1S/C35H48N4O5/c1-6-29(19-18-27(4)44-30-20-17-26(30)3)33-36-34(38(7-2)25-40)32(39(33)24-28-14-9-8-10-15-28)35(41)37(5)21-13-23-43-31-16-11-12-22-42-31/h6,8-10,14-15,18-19,25-26,30-31H,4,7,11-13,16-17,20-24H2,1-3,5H3/b19-18-,29-6+. The van der Waals surface area contributed by atoms with Gasteiger partial charge in [-0.3, -0.25) is 14.5 Å². The highest BCUT2D eigenvalue weighted by atomic mass is 16.7. The zero-order valence-electron chi connectivity index (χ0n) is 26.7. The Labute approximate surface area is 262 Å². The molecule has 4 rings (SSSR count). The first kappa shape index (κ1) is 33.2. The molecule has 1 saturated heterocycles. The lowest BCUT2D eigenvalue weighted by atomic mass is 9.83. The number of imidazole rings is 1. The molecule has 3 atom stereocenters. The van der Waals surface area contributed by atoms with Crippen LogP contribution < -0.4 is 4.90 Å². The Morgan fingerprint density at radius 1 is 1.18 bits per heavy atom. The van der Waals surface area contributed by atoms with E-state index in [4.69, 9.17) is 19.2 Å². The lowest BCUT2D eigenvalue weighted by Gasteiger charge is -2.34. The number of allylic oxidation sites excluding steroid dienone is 4. The summed E-state index contributed by atoms with van der Waals surface area (Å²) in [6.07, 6.45) is 12.4. The molecule has 0 radical (unpaired) electrons. The number of rotatable bonds is 16. The third kappa shape index (κ3) is 8.48. The van der Waals surface area contributed by atoms with Gasteiger partial charge in [-0.1, -0.05) is 49.9 Å². The quantitative estimate of drug-likeness (QED) is 0.0981. The first-order valence-electron chi connectivity index (χ1n) is 15.9. The number of anilines is 1. The normalized spacial score (nSPS) is 20.3. The van der Waals surface area contributed by atoms with Crippen LogP contribution >= 0.6 is 0 Å². The van der Waals surface area contributed by atoms with Crippen LogP contribution in [0.2, 0.25) is 0 Å². The van der Waals surface area contributed by atoms with E-state index in [0.29, 0.717) is 61.7 Å². The summed E-state index contributed by atoms with van der Waals surface area (Å²) in [6, 6.07) is 9.94. The smallest absolute Gasteiger partial charge is 0.274 e. The van der Waals surface area contributed by atoms with E-state index in [9.17, 15) is 9.59 Å². The van der Waals surface area contributed by atoms with Crippen molar-refractivity contribution in [1.82, 2.24) is 14.5 Å². The number of hydrogen-bond donors (Lipinski definition) is 0. The summed E-state index contributed by atoms with van der Waals surface area (Å²) in [5.74, 6) is 1.82. The van der Waals surface area contributed by atoms with Gasteiger partial charge < -0.3 is 23.7 Å². The highest BCUT2D eigenvalue weighted by Crippen LogP contribution is 2.32. The van der Waals surface area contributed by atoms with E-state index in [1.165, 1.54) is 11.3 Å². The molecule has 1 aliphatic carbocycles. The lowest BCUT2D eigenvalue weighted by molar-refractivity contribution is -0.162. The summed E-state index contributed by atoms with van der Waals surface area (Å²) >= 11 is 0. The van der Waals surface area contributed by atoms with Crippen molar-refractivity contribution < 1.29 is 23.8 Å². The second kappa shape index (κ2) is 16.4. The fourth-order valence-corrected chi connectivity index (χ4v) is 5.44. The molecule has 3 unspecified atom stereocenters. The highest BCUT2D eigenvalue weighted by Gasteiger charge is 2.30. The SMILES string of the molecule is C=C(/C=C\C(=C/C)c1nc(N(C=O)CC)c(C(=O)N(C)CCCOC2CCCCO2)n1Cc1ccccc1)OC1CCC1C. The average Bonchev–Trinajstić information content (AvgIpc) is 3.40. The van der Waals surface area contributed by atoms with Gasteiger partial charge in [0.2, 0.25) is 6.41 Å². The fourth-order valence-electron chi connectivity index (χ4n) is 5.44. The Balaban J connectivity index is 1.63. The number of amides is 2. The van der Waals surface area contributed by atoms with Crippen molar-refractivity contribution in [2.24, 2.45) is 5.92 Å². The lowest BCUT2D eigenvalue weighted by Crippen LogP contribution is -2.33. The average molecular weight is 605 g/mol. The van der Waals surface area contributed by atoms with Crippen LogP contribution in [-0.2, 0) is 25.5 Å². The highest BCUT2D eigenvalue weighted by molar-refractivity contribution is 6.00. The van der Waals surface area contributed by atoms with Crippen LogP contribution in [0.1, 0.15) is 81.2 Å². The number of carbonyl (C=O) groups is 2. The molecule has 9 heteroatoms. The minimum Gasteiger partial charge on any atom is -0.491 e. The third-order valence-corrected chi connectivity index (χ3v) is 8.36. The van der Waals surface area contributed by atoms with E-state index in [2.05, 4.69) is 13.5 Å². The van der Waals surface area contributed by atoms with Crippen molar-refractivity contribution in [3.63, 3.8) is 0 Å². The van der Waals surface area contributed by atoms with Gasteiger partial charge >= 0.3 is 0 Å². The molecule has 238 valence electrons. The fraction of sp³-hybridized carbons (Fsp3) is 0.514. The van der Waals surface area contributed by atoms with Crippen molar-refractivity contribution in [3.05, 3.63) is 78.0 Å². The minimum absolute atomic E-state index is 0.164. The van der Waals surface area contributed by atoms with Crippen LogP contribution in [0.5, 0.6) is 0 Å². The molecule has 0 spiro atoms. The van der Waals surface area contributed by atoms with Gasteiger partial charge in [0.15, 0.2) is 17.8 Å². The first-order valence-corrected chi connectivity index (χ1v) is 15.9. The van der Waals surface area contributed by atoms with Crippen molar-refractivity contribution >= 4 is 23.7 Å². The third-order valence-electron chi connectivity index (χ3n) is 8.36. The van der Waals surface area contributed by atoms with Gasteiger partial charge in [0, 0.05) is 38.9 Å². The largest absolute Gasteiger partial charge is 0.491 e. The summed E-state index contributed by atoms with van der Waals surface area (Å²) in [5.41, 5.74) is 2.16. The molecule has 9 nitrogen and oxygen atoms in total. The van der Waals surface area contributed by atoms with E-state index in [0.717, 1.165) is 49.8 Å². The Kier molecular flexibility index (Phi) is 12.4. The molecule has 1 aromatic heterocycles. The number of carbonyl (C=O) groups excluding carboxylic acids is 2. The maximum Gasteiger partial charge on any atom is 0.274 e. The van der Waals surface area contributed by atoms with Crippen LogP contribution in [0.15, 0.2) is 60.9 Å². The van der Waals surface area contributed by atoms with E-state index < -0.39 is 0 Å². The summed E-state index contributed by atoms with van der Waals surface area (Å²) in [4.78, 5) is 34.5. The monoisotopic (exact) mass is 604 g/mol. The molecule has 1 aromatic carbocycles. The molecular formula is C35H48N4O5. The van der Waals surface area contributed by atoms with Gasteiger partial charge in [-0.15, -0.1) is 0 Å². The number of aromatic nitrogens is 2. The summed E-state index contributed by atoms with van der Waals surface area (Å²) in [5, 5.41) is 0. The van der Waals surface area contributed by atoms with E-state index in [1.54, 1.807) is 11.9 Å². The van der Waals surface area contributed by atoms with Crippen molar-refractivity contribution in [1.29, 1.82) is 0 Å². The molecule has 2 aliphatic rings. The summed E-state index contributed by atoms with van der Waals surface area (Å²) in [6.45, 7) is 12.6. The molecule has 2 aromatic rings. The maximum atomic E-state index is 14.2. The molecule has 0 bridgehead atoms. The molecule has 2 fully saturated rings. The molecule has 1 saturated carbocycles. The Morgan fingerprint density at radius 3 is 2.59 bits per heavy atom. The van der Waals surface area contributed by atoms with E-state index in [-0.39, 0.29) is 18.3 Å².